The lowest BCUT2D eigenvalue weighted by Crippen LogP contribution is -2.12. The molecule has 17 heavy (non-hydrogen) atoms. The predicted octanol–water partition coefficient (Wildman–Crippen LogP) is 2.85. The van der Waals surface area contributed by atoms with Gasteiger partial charge >= 0.3 is 11.4 Å². The zero-order valence-electron chi connectivity index (χ0n) is 11.3. The largest absolute Gasteiger partial charge is 0.385 e. The standard InChI is InChI=1S/C12H26O4S/c1-4-5-6-7-9-15-17(13)16-11-12(2)8-10-14-3/h12H,4-11H2,1-3H3. The molecular formula is C12H26O4S. The summed E-state index contributed by atoms with van der Waals surface area (Å²) >= 11 is -1.59. The van der Waals surface area contributed by atoms with E-state index in [-0.39, 0.29) is 0 Å². The van der Waals surface area contributed by atoms with E-state index in [0.29, 0.717) is 25.7 Å². The van der Waals surface area contributed by atoms with Crippen LogP contribution in [0.3, 0.4) is 0 Å². The van der Waals surface area contributed by atoms with E-state index < -0.39 is 11.4 Å². The Kier molecular flexibility index (Phi) is 12.5. The first-order chi connectivity index (χ1) is 8.20. The van der Waals surface area contributed by atoms with E-state index in [0.717, 1.165) is 19.3 Å². The topological polar surface area (TPSA) is 44.8 Å². The van der Waals surface area contributed by atoms with Crippen LogP contribution in [0.25, 0.3) is 0 Å². The summed E-state index contributed by atoms with van der Waals surface area (Å²) in [5, 5.41) is 0. The van der Waals surface area contributed by atoms with Gasteiger partial charge in [0.25, 0.3) is 0 Å². The molecule has 0 aromatic rings. The monoisotopic (exact) mass is 266 g/mol. The molecule has 0 aliphatic rings. The molecule has 0 aliphatic heterocycles. The van der Waals surface area contributed by atoms with Crippen molar-refractivity contribution in [3.05, 3.63) is 0 Å². The van der Waals surface area contributed by atoms with Gasteiger partial charge in [-0.15, -0.1) is 0 Å². The van der Waals surface area contributed by atoms with E-state index in [1.54, 1.807) is 7.11 Å². The fourth-order valence-corrected chi connectivity index (χ4v) is 1.93. The van der Waals surface area contributed by atoms with Crippen LogP contribution < -0.4 is 0 Å². The third kappa shape index (κ3) is 12.3. The van der Waals surface area contributed by atoms with Gasteiger partial charge in [-0.2, -0.15) is 4.21 Å². The lowest BCUT2D eigenvalue weighted by molar-refractivity contribution is 0.157. The zero-order valence-corrected chi connectivity index (χ0v) is 12.1. The van der Waals surface area contributed by atoms with Crippen LogP contribution in [0.1, 0.15) is 46.0 Å². The highest BCUT2D eigenvalue weighted by Gasteiger charge is 2.06. The normalized spacial score (nSPS) is 14.8. The Balaban J connectivity index is 3.33. The molecule has 0 heterocycles. The number of unbranched alkanes of at least 4 members (excludes halogenated alkanes) is 3. The summed E-state index contributed by atoms with van der Waals surface area (Å²) in [5.74, 6) is 0.336. The second-order valence-electron chi connectivity index (χ2n) is 4.26. The van der Waals surface area contributed by atoms with Crippen molar-refractivity contribution >= 4 is 11.4 Å². The Morgan fingerprint density at radius 3 is 2.53 bits per heavy atom. The zero-order chi connectivity index (χ0) is 12.9. The summed E-state index contributed by atoms with van der Waals surface area (Å²) in [6, 6.07) is 0. The van der Waals surface area contributed by atoms with Crippen LogP contribution >= 0.6 is 0 Å². The Labute approximate surface area is 108 Å². The fraction of sp³-hybridized carbons (Fsp3) is 1.00. The van der Waals surface area contributed by atoms with Gasteiger partial charge in [0.05, 0.1) is 13.2 Å². The predicted molar refractivity (Wildman–Crippen MR) is 69.8 cm³/mol. The second-order valence-corrected chi connectivity index (χ2v) is 5.14. The number of rotatable bonds is 12. The molecule has 0 radical (unpaired) electrons. The molecule has 5 heteroatoms. The average molecular weight is 266 g/mol. The van der Waals surface area contributed by atoms with Crippen molar-refractivity contribution in [2.75, 3.05) is 26.9 Å². The molecule has 0 amide bonds. The van der Waals surface area contributed by atoms with E-state index in [1.165, 1.54) is 12.8 Å². The lowest BCUT2D eigenvalue weighted by atomic mass is 10.1. The molecule has 0 spiro atoms. The lowest BCUT2D eigenvalue weighted by Gasteiger charge is -2.10. The number of hydrogen-bond donors (Lipinski definition) is 0. The first-order valence-corrected chi connectivity index (χ1v) is 7.38. The Morgan fingerprint density at radius 1 is 1.12 bits per heavy atom. The molecule has 0 saturated carbocycles. The van der Waals surface area contributed by atoms with Crippen LogP contribution in [0.15, 0.2) is 0 Å². The maximum atomic E-state index is 11.3. The number of ether oxygens (including phenoxy) is 1. The molecule has 0 N–H and O–H groups in total. The highest BCUT2D eigenvalue weighted by atomic mass is 32.2. The molecule has 0 rings (SSSR count). The maximum absolute atomic E-state index is 11.3. The van der Waals surface area contributed by atoms with Crippen LogP contribution in [-0.4, -0.2) is 31.1 Å². The molecule has 104 valence electrons. The van der Waals surface area contributed by atoms with Crippen molar-refractivity contribution in [2.24, 2.45) is 5.92 Å². The van der Waals surface area contributed by atoms with Gasteiger partial charge in [-0.3, -0.25) is 8.37 Å². The highest BCUT2D eigenvalue weighted by molar-refractivity contribution is 7.75. The molecule has 0 bridgehead atoms. The Morgan fingerprint density at radius 2 is 1.88 bits per heavy atom. The van der Waals surface area contributed by atoms with Crippen molar-refractivity contribution in [1.29, 1.82) is 0 Å². The smallest absolute Gasteiger partial charge is 0.304 e. The fourth-order valence-electron chi connectivity index (χ4n) is 1.26. The summed E-state index contributed by atoms with van der Waals surface area (Å²) < 4.78 is 26.4. The van der Waals surface area contributed by atoms with Gasteiger partial charge in [0.2, 0.25) is 0 Å². The molecule has 0 aliphatic carbocycles. The minimum absolute atomic E-state index is 0.336. The van der Waals surface area contributed by atoms with Gasteiger partial charge in [-0.1, -0.05) is 33.1 Å². The first kappa shape index (κ1) is 17.0. The van der Waals surface area contributed by atoms with Crippen molar-refractivity contribution < 1.29 is 17.3 Å². The van der Waals surface area contributed by atoms with Crippen molar-refractivity contribution in [1.82, 2.24) is 0 Å². The van der Waals surface area contributed by atoms with Crippen molar-refractivity contribution in [3.8, 4) is 0 Å². The Bertz CT molecular complexity index is 187. The quantitative estimate of drug-likeness (QED) is 0.510. The van der Waals surface area contributed by atoms with Crippen molar-refractivity contribution in [3.63, 3.8) is 0 Å². The molecule has 0 fully saturated rings. The van der Waals surface area contributed by atoms with E-state index in [9.17, 15) is 4.21 Å². The summed E-state index contributed by atoms with van der Waals surface area (Å²) in [7, 11) is 1.67. The van der Waals surface area contributed by atoms with E-state index in [4.69, 9.17) is 13.1 Å². The van der Waals surface area contributed by atoms with Gasteiger partial charge in [-0.25, -0.2) is 0 Å². The Hall–Kier alpha value is 0.0300. The van der Waals surface area contributed by atoms with Crippen LogP contribution in [0.5, 0.6) is 0 Å². The number of methoxy groups -OCH3 is 1. The molecule has 0 aromatic heterocycles. The summed E-state index contributed by atoms with van der Waals surface area (Å²) in [6.45, 7) is 5.86. The minimum Gasteiger partial charge on any atom is -0.385 e. The first-order valence-electron chi connectivity index (χ1n) is 6.38. The summed E-state index contributed by atoms with van der Waals surface area (Å²) in [4.78, 5) is 0. The van der Waals surface area contributed by atoms with Gasteiger partial charge in [-0.05, 0) is 18.8 Å². The molecule has 2 atom stereocenters. The highest BCUT2D eigenvalue weighted by Crippen LogP contribution is 2.05. The molecule has 0 saturated heterocycles. The van der Waals surface area contributed by atoms with Gasteiger partial charge in [0.15, 0.2) is 0 Å². The van der Waals surface area contributed by atoms with Gasteiger partial charge < -0.3 is 4.74 Å². The molecule has 2 unspecified atom stereocenters. The van der Waals surface area contributed by atoms with Crippen molar-refractivity contribution in [2.45, 2.75) is 46.0 Å². The summed E-state index contributed by atoms with van der Waals surface area (Å²) in [6.07, 6.45) is 5.37. The van der Waals surface area contributed by atoms with Crippen LogP contribution in [0.4, 0.5) is 0 Å². The second kappa shape index (κ2) is 12.5. The van der Waals surface area contributed by atoms with Crippen LogP contribution in [0.2, 0.25) is 0 Å². The molecule has 4 nitrogen and oxygen atoms in total. The van der Waals surface area contributed by atoms with E-state index >= 15 is 0 Å². The van der Waals surface area contributed by atoms with E-state index in [2.05, 4.69) is 6.92 Å². The molecule has 0 aromatic carbocycles. The molecular weight excluding hydrogens is 240 g/mol. The number of hydrogen-bond acceptors (Lipinski definition) is 4. The van der Waals surface area contributed by atoms with Gasteiger partial charge in [0, 0.05) is 13.7 Å². The van der Waals surface area contributed by atoms with E-state index in [1.807, 2.05) is 6.92 Å². The SMILES string of the molecule is CCCCCCOS(=O)OCC(C)CCOC. The maximum Gasteiger partial charge on any atom is 0.304 e. The van der Waals surface area contributed by atoms with Crippen LogP contribution in [0, 0.1) is 5.92 Å². The third-order valence-corrected chi connectivity index (χ3v) is 3.13. The van der Waals surface area contributed by atoms with Crippen LogP contribution in [-0.2, 0) is 24.5 Å². The summed E-state index contributed by atoms with van der Waals surface area (Å²) in [5.41, 5.74) is 0. The minimum atomic E-state index is -1.59. The third-order valence-electron chi connectivity index (χ3n) is 2.44. The average Bonchev–Trinajstić information content (AvgIpc) is 2.33. The van der Waals surface area contributed by atoms with Gasteiger partial charge in [0.1, 0.15) is 0 Å².